The standard InChI is InChI=1S/C16H16N4O5/c1-19-14-4-2-3-13(12(14)8-17-19)18-15(21)9-5-10(16(22)23)7-11(6-9)20(24)25/h5-8,13H,2-4H2,1H3,(H,18,21)(H,22,23). The lowest BCUT2D eigenvalue weighted by atomic mass is 9.92. The van der Waals surface area contributed by atoms with Gasteiger partial charge in [-0.05, 0) is 25.3 Å². The number of carboxylic acids is 1. The third-order valence-electron chi connectivity index (χ3n) is 4.32. The van der Waals surface area contributed by atoms with Gasteiger partial charge in [-0.1, -0.05) is 0 Å². The number of hydrogen-bond acceptors (Lipinski definition) is 5. The molecule has 0 aliphatic heterocycles. The molecule has 1 unspecified atom stereocenters. The molecular formula is C16H16N4O5. The van der Waals surface area contributed by atoms with Crippen LogP contribution in [0.2, 0.25) is 0 Å². The summed E-state index contributed by atoms with van der Waals surface area (Å²) in [5.41, 5.74) is 1.18. The van der Waals surface area contributed by atoms with Crippen LogP contribution in [0.15, 0.2) is 24.4 Å². The highest BCUT2D eigenvalue weighted by atomic mass is 16.6. The van der Waals surface area contributed by atoms with Gasteiger partial charge >= 0.3 is 5.97 Å². The topological polar surface area (TPSA) is 127 Å². The molecule has 0 fully saturated rings. The van der Waals surface area contributed by atoms with E-state index in [1.54, 1.807) is 10.9 Å². The largest absolute Gasteiger partial charge is 0.478 e. The first kappa shape index (κ1) is 16.6. The van der Waals surface area contributed by atoms with Gasteiger partial charge in [0.05, 0.1) is 22.7 Å². The molecule has 1 heterocycles. The van der Waals surface area contributed by atoms with E-state index in [9.17, 15) is 19.7 Å². The first-order chi connectivity index (χ1) is 11.9. The fourth-order valence-electron chi connectivity index (χ4n) is 3.07. The Kier molecular flexibility index (Phi) is 4.22. The Morgan fingerprint density at radius 1 is 1.36 bits per heavy atom. The highest BCUT2D eigenvalue weighted by molar-refractivity contribution is 5.98. The zero-order valence-electron chi connectivity index (χ0n) is 13.4. The number of carbonyl (C=O) groups is 2. The molecule has 0 spiro atoms. The predicted molar refractivity (Wildman–Crippen MR) is 86.4 cm³/mol. The van der Waals surface area contributed by atoms with Gasteiger partial charge in [-0.25, -0.2) is 4.79 Å². The molecule has 1 aliphatic rings. The van der Waals surface area contributed by atoms with E-state index in [-0.39, 0.29) is 17.2 Å². The van der Waals surface area contributed by atoms with Crippen molar-refractivity contribution in [3.05, 3.63) is 56.9 Å². The summed E-state index contributed by atoms with van der Waals surface area (Å²) in [5.74, 6) is -1.88. The second-order valence-corrected chi connectivity index (χ2v) is 5.92. The predicted octanol–water partition coefficient (Wildman–Crippen LogP) is 1.83. The van der Waals surface area contributed by atoms with Crippen LogP contribution in [0.5, 0.6) is 0 Å². The number of amides is 1. The molecule has 1 amide bonds. The monoisotopic (exact) mass is 344 g/mol. The van der Waals surface area contributed by atoms with Crippen molar-refractivity contribution in [1.29, 1.82) is 0 Å². The van der Waals surface area contributed by atoms with Crippen molar-refractivity contribution in [3.63, 3.8) is 0 Å². The van der Waals surface area contributed by atoms with Crippen molar-refractivity contribution in [2.45, 2.75) is 25.3 Å². The maximum atomic E-state index is 12.5. The van der Waals surface area contributed by atoms with E-state index >= 15 is 0 Å². The number of fused-ring (bicyclic) bond motifs is 1. The number of carbonyl (C=O) groups excluding carboxylic acids is 1. The minimum atomic E-state index is -1.33. The normalized spacial score (nSPS) is 16.1. The molecule has 0 radical (unpaired) electrons. The molecule has 25 heavy (non-hydrogen) atoms. The Balaban J connectivity index is 1.89. The van der Waals surface area contributed by atoms with E-state index in [0.717, 1.165) is 48.7 Å². The van der Waals surface area contributed by atoms with Crippen molar-refractivity contribution < 1.29 is 19.6 Å². The molecule has 1 aromatic carbocycles. The fourth-order valence-corrected chi connectivity index (χ4v) is 3.07. The Bertz CT molecular complexity index is 841. The third kappa shape index (κ3) is 3.21. The maximum Gasteiger partial charge on any atom is 0.335 e. The summed E-state index contributed by atoms with van der Waals surface area (Å²) < 4.78 is 1.77. The number of benzene rings is 1. The van der Waals surface area contributed by atoms with E-state index in [1.807, 2.05) is 7.05 Å². The molecule has 0 saturated heterocycles. The molecule has 2 aromatic rings. The number of carboxylic acid groups (broad SMARTS) is 1. The van der Waals surface area contributed by atoms with E-state index in [2.05, 4.69) is 10.4 Å². The highest BCUT2D eigenvalue weighted by Gasteiger charge is 2.26. The lowest BCUT2D eigenvalue weighted by Gasteiger charge is -2.23. The molecule has 1 aliphatic carbocycles. The summed E-state index contributed by atoms with van der Waals surface area (Å²) in [6.45, 7) is 0. The van der Waals surface area contributed by atoms with Gasteiger partial charge in [-0.3, -0.25) is 19.6 Å². The second kappa shape index (κ2) is 6.34. The number of nitro benzene ring substituents is 1. The number of hydrogen-bond donors (Lipinski definition) is 2. The lowest BCUT2D eigenvalue weighted by Crippen LogP contribution is -2.31. The zero-order valence-corrected chi connectivity index (χ0v) is 13.4. The smallest absolute Gasteiger partial charge is 0.335 e. The lowest BCUT2D eigenvalue weighted by molar-refractivity contribution is -0.384. The van der Waals surface area contributed by atoms with Crippen LogP contribution in [0.4, 0.5) is 5.69 Å². The van der Waals surface area contributed by atoms with Gasteiger partial charge in [-0.15, -0.1) is 0 Å². The van der Waals surface area contributed by atoms with Crippen molar-refractivity contribution in [2.75, 3.05) is 0 Å². The van der Waals surface area contributed by atoms with Gasteiger partial charge in [0, 0.05) is 36.0 Å². The summed E-state index contributed by atoms with van der Waals surface area (Å²) in [4.78, 5) is 33.9. The highest BCUT2D eigenvalue weighted by Crippen LogP contribution is 2.29. The van der Waals surface area contributed by atoms with Crippen LogP contribution in [0, 0.1) is 10.1 Å². The van der Waals surface area contributed by atoms with Gasteiger partial charge in [0.2, 0.25) is 0 Å². The molecule has 1 aromatic heterocycles. The fraction of sp³-hybridized carbons (Fsp3) is 0.312. The van der Waals surface area contributed by atoms with E-state index in [4.69, 9.17) is 5.11 Å². The van der Waals surface area contributed by atoms with Crippen LogP contribution in [-0.4, -0.2) is 31.7 Å². The molecule has 0 saturated carbocycles. The number of rotatable bonds is 4. The SMILES string of the molecule is Cn1ncc2c1CCCC2NC(=O)c1cc(C(=O)O)cc([N+](=O)[O-])c1. The van der Waals surface area contributed by atoms with Crippen LogP contribution in [-0.2, 0) is 13.5 Å². The van der Waals surface area contributed by atoms with E-state index in [1.165, 1.54) is 0 Å². The van der Waals surface area contributed by atoms with Crippen LogP contribution < -0.4 is 5.32 Å². The Morgan fingerprint density at radius 2 is 2.08 bits per heavy atom. The van der Waals surface area contributed by atoms with Crippen LogP contribution in [0.3, 0.4) is 0 Å². The molecule has 9 heteroatoms. The Labute approximate surface area is 142 Å². The van der Waals surface area contributed by atoms with E-state index in [0.29, 0.717) is 0 Å². The molecule has 9 nitrogen and oxygen atoms in total. The number of aromatic carboxylic acids is 1. The summed E-state index contributed by atoms with van der Waals surface area (Å²) in [7, 11) is 1.84. The Morgan fingerprint density at radius 3 is 2.76 bits per heavy atom. The van der Waals surface area contributed by atoms with Crippen molar-refractivity contribution in [1.82, 2.24) is 15.1 Å². The summed E-state index contributed by atoms with van der Waals surface area (Å²) in [6.07, 6.45) is 4.19. The van der Waals surface area contributed by atoms with Gasteiger partial charge in [0.1, 0.15) is 0 Å². The number of aromatic nitrogens is 2. The maximum absolute atomic E-state index is 12.5. The first-order valence-electron chi connectivity index (χ1n) is 7.71. The first-order valence-corrected chi connectivity index (χ1v) is 7.71. The van der Waals surface area contributed by atoms with Crippen LogP contribution >= 0.6 is 0 Å². The minimum Gasteiger partial charge on any atom is -0.478 e. The van der Waals surface area contributed by atoms with Gasteiger partial charge in [0.25, 0.3) is 11.6 Å². The molecule has 130 valence electrons. The average molecular weight is 344 g/mol. The Hall–Kier alpha value is -3.23. The summed E-state index contributed by atoms with van der Waals surface area (Å²) in [5, 5.41) is 27.1. The molecule has 1 atom stereocenters. The number of nitro groups is 1. The van der Waals surface area contributed by atoms with Crippen LogP contribution in [0.25, 0.3) is 0 Å². The quantitative estimate of drug-likeness (QED) is 0.643. The van der Waals surface area contributed by atoms with Crippen molar-refractivity contribution >= 4 is 17.6 Å². The van der Waals surface area contributed by atoms with Gasteiger partial charge < -0.3 is 10.4 Å². The van der Waals surface area contributed by atoms with E-state index < -0.39 is 22.5 Å². The molecular weight excluding hydrogens is 328 g/mol. The number of nitrogens with one attached hydrogen (secondary N) is 1. The molecule has 0 bridgehead atoms. The second-order valence-electron chi connectivity index (χ2n) is 5.92. The third-order valence-corrected chi connectivity index (χ3v) is 4.32. The summed E-state index contributed by atoms with van der Waals surface area (Å²) in [6, 6.07) is 2.89. The van der Waals surface area contributed by atoms with Crippen molar-refractivity contribution in [2.24, 2.45) is 7.05 Å². The molecule has 3 rings (SSSR count). The number of aryl methyl sites for hydroxylation is 1. The minimum absolute atomic E-state index is 0.0531. The number of nitrogens with zero attached hydrogens (tertiary/aromatic N) is 3. The van der Waals surface area contributed by atoms with Crippen molar-refractivity contribution in [3.8, 4) is 0 Å². The summed E-state index contributed by atoms with van der Waals surface area (Å²) >= 11 is 0. The van der Waals surface area contributed by atoms with Gasteiger partial charge in [-0.2, -0.15) is 5.10 Å². The van der Waals surface area contributed by atoms with Crippen LogP contribution in [0.1, 0.15) is 50.9 Å². The molecule has 2 N–H and O–H groups in total. The van der Waals surface area contributed by atoms with Gasteiger partial charge in [0.15, 0.2) is 0 Å². The zero-order chi connectivity index (χ0) is 18.1. The average Bonchev–Trinajstić information content (AvgIpc) is 2.96. The number of non-ortho nitro benzene ring substituents is 1.